The Kier molecular flexibility index (Phi) is 4.82. The van der Waals surface area contributed by atoms with E-state index in [1.165, 1.54) is 36.4 Å². The molecule has 0 spiro atoms. The van der Waals surface area contributed by atoms with Crippen LogP contribution in [-0.4, -0.2) is 16.4 Å². The Balaban J connectivity index is 2.17. The first-order valence-corrected chi connectivity index (χ1v) is 7.21. The molecule has 0 saturated carbocycles. The number of nitro groups is 1. The zero-order valence-electron chi connectivity index (χ0n) is 13.5. The second-order valence-corrected chi connectivity index (χ2v) is 5.73. The number of ether oxygens (including phenoxy) is 1. The van der Waals surface area contributed by atoms with Gasteiger partial charge in [0.1, 0.15) is 11.6 Å². The largest absolute Gasteiger partial charge is 0.478 e. The van der Waals surface area contributed by atoms with Gasteiger partial charge in [0, 0.05) is 6.07 Å². The number of halogens is 1. The van der Waals surface area contributed by atoms with Gasteiger partial charge in [-0.15, -0.1) is 0 Å². The lowest BCUT2D eigenvalue weighted by atomic mass is 10.1. The number of hydrogen-bond donors (Lipinski definition) is 1. The molecule has 126 valence electrons. The lowest BCUT2D eigenvalue weighted by molar-refractivity contribution is -0.385. The topological polar surface area (TPSA) is 81.5 Å². The minimum Gasteiger partial charge on any atom is -0.478 e. The summed E-state index contributed by atoms with van der Waals surface area (Å²) in [6.07, 6.45) is 0. The first kappa shape index (κ1) is 17.4. The van der Waals surface area contributed by atoms with Gasteiger partial charge in [-0.2, -0.15) is 0 Å². The molecule has 1 amide bonds. The van der Waals surface area contributed by atoms with Crippen LogP contribution in [0.1, 0.15) is 19.4 Å². The summed E-state index contributed by atoms with van der Waals surface area (Å²) in [5.74, 6) is -0.542. The van der Waals surface area contributed by atoms with Crippen molar-refractivity contribution in [2.24, 2.45) is 0 Å². The SMILES string of the molecule is Cc1c(NC(=O)C(C)(C)Oc2ccc(F)cc2)cccc1[N+](=O)[O-]. The molecule has 0 saturated heterocycles. The second-order valence-electron chi connectivity index (χ2n) is 5.73. The zero-order chi connectivity index (χ0) is 17.9. The molecule has 2 aromatic rings. The van der Waals surface area contributed by atoms with Gasteiger partial charge in [0.2, 0.25) is 0 Å². The number of carbonyl (C=O) groups excluding carboxylic acids is 1. The van der Waals surface area contributed by atoms with Gasteiger partial charge in [-0.1, -0.05) is 6.07 Å². The van der Waals surface area contributed by atoms with Gasteiger partial charge in [-0.05, 0) is 51.1 Å². The molecule has 0 radical (unpaired) electrons. The van der Waals surface area contributed by atoms with Crippen molar-refractivity contribution < 1.29 is 18.8 Å². The van der Waals surface area contributed by atoms with Crippen LogP contribution < -0.4 is 10.1 Å². The number of nitro benzene ring substituents is 1. The van der Waals surface area contributed by atoms with Crippen LogP contribution in [0.2, 0.25) is 0 Å². The molecule has 0 aliphatic rings. The van der Waals surface area contributed by atoms with E-state index in [0.717, 1.165) is 0 Å². The molecule has 0 aliphatic carbocycles. The second kappa shape index (κ2) is 6.66. The van der Waals surface area contributed by atoms with Crippen LogP contribution in [0.4, 0.5) is 15.8 Å². The molecule has 6 nitrogen and oxygen atoms in total. The maximum atomic E-state index is 12.9. The fraction of sp³-hybridized carbons (Fsp3) is 0.235. The minimum atomic E-state index is -1.26. The highest BCUT2D eigenvalue weighted by Crippen LogP contribution is 2.27. The molecule has 7 heteroatoms. The summed E-state index contributed by atoms with van der Waals surface area (Å²) in [5, 5.41) is 13.6. The molecule has 2 rings (SSSR count). The van der Waals surface area contributed by atoms with Crippen molar-refractivity contribution in [2.45, 2.75) is 26.4 Å². The fourth-order valence-electron chi connectivity index (χ4n) is 2.07. The van der Waals surface area contributed by atoms with Crippen LogP contribution in [-0.2, 0) is 4.79 Å². The Bertz CT molecular complexity index is 773. The van der Waals surface area contributed by atoms with Crippen LogP contribution in [0.25, 0.3) is 0 Å². The number of nitrogens with zero attached hydrogens (tertiary/aromatic N) is 1. The quantitative estimate of drug-likeness (QED) is 0.666. The van der Waals surface area contributed by atoms with Crippen LogP contribution in [0, 0.1) is 22.9 Å². The summed E-state index contributed by atoms with van der Waals surface area (Å²) < 4.78 is 18.5. The predicted octanol–water partition coefficient (Wildman–Crippen LogP) is 3.84. The number of hydrogen-bond acceptors (Lipinski definition) is 4. The van der Waals surface area contributed by atoms with E-state index in [1.54, 1.807) is 26.8 Å². The van der Waals surface area contributed by atoms with Crippen molar-refractivity contribution in [1.29, 1.82) is 0 Å². The van der Waals surface area contributed by atoms with E-state index in [0.29, 0.717) is 17.0 Å². The summed E-state index contributed by atoms with van der Waals surface area (Å²) in [6.45, 7) is 4.67. The van der Waals surface area contributed by atoms with Crippen molar-refractivity contribution in [3.8, 4) is 5.75 Å². The highest BCUT2D eigenvalue weighted by molar-refractivity contribution is 5.97. The van der Waals surface area contributed by atoms with Crippen LogP contribution >= 0.6 is 0 Å². The summed E-state index contributed by atoms with van der Waals surface area (Å²) in [5.41, 5.74) is -0.641. The summed E-state index contributed by atoms with van der Waals surface area (Å²) in [7, 11) is 0. The van der Waals surface area contributed by atoms with Gasteiger partial charge >= 0.3 is 0 Å². The molecular formula is C17H17FN2O4. The van der Waals surface area contributed by atoms with E-state index in [1.807, 2.05) is 0 Å². The van der Waals surface area contributed by atoms with Crippen LogP contribution in [0.5, 0.6) is 5.75 Å². The van der Waals surface area contributed by atoms with E-state index in [9.17, 15) is 19.3 Å². The summed E-state index contributed by atoms with van der Waals surface area (Å²) >= 11 is 0. The molecule has 0 aliphatic heterocycles. The number of carbonyl (C=O) groups is 1. The standard InChI is InChI=1S/C17H17FN2O4/c1-11-14(5-4-6-15(11)20(22)23)19-16(21)17(2,3)24-13-9-7-12(18)8-10-13/h4-10H,1-3H3,(H,19,21). The van der Waals surface area contributed by atoms with Gasteiger partial charge in [-0.3, -0.25) is 14.9 Å². The van der Waals surface area contributed by atoms with E-state index < -0.39 is 22.2 Å². The van der Waals surface area contributed by atoms with Gasteiger partial charge in [-0.25, -0.2) is 4.39 Å². The number of benzene rings is 2. The first-order chi connectivity index (χ1) is 11.2. The number of rotatable bonds is 5. The number of nitrogens with one attached hydrogen (secondary N) is 1. The lowest BCUT2D eigenvalue weighted by Crippen LogP contribution is -2.42. The Morgan fingerprint density at radius 1 is 1.21 bits per heavy atom. The average Bonchev–Trinajstić information content (AvgIpc) is 2.51. The molecule has 0 aromatic heterocycles. The maximum absolute atomic E-state index is 12.9. The lowest BCUT2D eigenvalue weighted by Gasteiger charge is -2.25. The molecule has 24 heavy (non-hydrogen) atoms. The highest BCUT2D eigenvalue weighted by Gasteiger charge is 2.31. The first-order valence-electron chi connectivity index (χ1n) is 7.21. The van der Waals surface area contributed by atoms with E-state index in [4.69, 9.17) is 4.74 Å². The molecular weight excluding hydrogens is 315 g/mol. The third-order valence-electron chi connectivity index (χ3n) is 3.48. The van der Waals surface area contributed by atoms with Crippen molar-refractivity contribution in [3.05, 3.63) is 64.0 Å². The summed E-state index contributed by atoms with van der Waals surface area (Å²) in [4.78, 5) is 22.9. The Labute approximate surface area is 138 Å². The van der Waals surface area contributed by atoms with Gasteiger partial charge in [0.15, 0.2) is 5.60 Å². The van der Waals surface area contributed by atoms with Crippen LogP contribution in [0.15, 0.2) is 42.5 Å². The van der Waals surface area contributed by atoms with Crippen molar-refractivity contribution >= 4 is 17.3 Å². The maximum Gasteiger partial charge on any atom is 0.274 e. The van der Waals surface area contributed by atoms with E-state index in [2.05, 4.69) is 5.32 Å². The third kappa shape index (κ3) is 3.87. The number of amides is 1. The average molecular weight is 332 g/mol. The molecule has 0 heterocycles. The van der Waals surface area contributed by atoms with Gasteiger partial charge in [0.25, 0.3) is 11.6 Å². The zero-order valence-corrected chi connectivity index (χ0v) is 13.5. The van der Waals surface area contributed by atoms with Gasteiger partial charge in [0.05, 0.1) is 16.2 Å². The van der Waals surface area contributed by atoms with Crippen molar-refractivity contribution in [3.63, 3.8) is 0 Å². The smallest absolute Gasteiger partial charge is 0.274 e. The Morgan fingerprint density at radius 2 is 1.83 bits per heavy atom. The van der Waals surface area contributed by atoms with Gasteiger partial charge < -0.3 is 10.1 Å². The Morgan fingerprint density at radius 3 is 2.42 bits per heavy atom. The molecule has 0 unspecified atom stereocenters. The predicted molar refractivity (Wildman–Crippen MR) is 87.6 cm³/mol. The Hall–Kier alpha value is -2.96. The van der Waals surface area contributed by atoms with Crippen molar-refractivity contribution in [1.82, 2.24) is 0 Å². The normalized spacial score (nSPS) is 11.0. The molecule has 0 atom stereocenters. The summed E-state index contributed by atoms with van der Waals surface area (Å²) in [6, 6.07) is 9.74. The molecule has 2 aromatic carbocycles. The van der Waals surface area contributed by atoms with Crippen LogP contribution in [0.3, 0.4) is 0 Å². The molecule has 0 bridgehead atoms. The molecule has 0 fully saturated rings. The fourth-order valence-corrected chi connectivity index (χ4v) is 2.07. The molecule has 1 N–H and O–H groups in total. The van der Waals surface area contributed by atoms with E-state index in [-0.39, 0.29) is 5.69 Å². The highest BCUT2D eigenvalue weighted by atomic mass is 19.1. The van der Waals surface area contributed by atoms with E-state index >= 15 is 0 Å². The minimum absolute atomic E-state index is 0.0786. The monoisotopic (exact) mass is 332 g/mol. The third-order valence-corrected chi connectivity index (χ3v) is 3.48. The number of anilines is 1. The van der Waals surface area contributed by atoms with Crippen molar-refractivity contribution in [2.75, 3.05) is 5.32 Å².